The van der Waals surface area contributed by atoms with E-state index >= 15 is 0 Å². The molecule has 1 N–H and O–H groups in total. The first-order chi connectivity index (χ1) is 9.60. The summed E-state index contributed by atoms with van der Waals surface area (Å²) in [6.45, 7) is 9.56. The third-order valence-corrected chi connectivity index (χ3v) is 4.55. The van der Waals surface area contributed by atoms with Gasteiger partial charge in [-0.15, -0.1) is 0 Å². The molecule has 2 fully saturated rings. The zero-order valence-electron chi connectivity index (χ0n) is 12.7. The maximum absolute atomic E-state index is 6.01. The minimum absolute atomic E-state index is 0.229. The van der Waals surface area contributed by atoms with Crippen molar-refractivity contribution in [1.29, 1.82) is 0 Å². The van der Waals surface area contributed by atoms with E-state index in [2.05, 4.69) is 54.4 Å². The summed E-state index contributed by atoms with van der Waals surface area (Å²) in [7, 11) is 0. The van der Waals surface area contributed by atoms with Crippen LogP contribution >= 0.6 is 0 Å². The monoisotopic (exact) mass is 274 g/mol. The Balaban J connectivity index is 1.52. The molecule has 0 radical (unpaired) electrons. The molecule has 1 aliphatic carbocycles. The molecule has 0 aromatic heterocycles. The van der Waals surface area contributed by atoms with Crippen molar-refractivity contribution in [3.05, 3.63) is 35.9 Å². The van der Waals surface area contributed by atoms with Gasteiger partial charge in [0, 0.05) is 30.7 Å². The molecule has 3 rings (SSSR count). The van der Waals surface area contributed by atoms with Crippen molar-refractivity contribution in [1.82, 2.24) is 10.2 Å². The van der Waals surface area contributed by atoms with E-state index in [0.29, 0.717) is 5.54 Å². The summed E-state index contributed by atoms with van der Waals surface area (Å²) in [5, 5.41) is 3.59. The second-order valence-corrected chi connectivity index (χ2v) is 6.93. The zero-order valence-corrected chi connectivity index (χ0v) is 12.7. The highest BCUT2D eigenvalue weighted by Crippen LogP contribution is 2.43. The average Bonchev–Trinajstić information content (AvgIpc) is 3.20. The fourth-order valence-corrected chi connectivity index (χ4v) is 3.18. The second kappa shape index (κ2) is 5.47. The third kappa shape index (κ3) is 3.22. The summed E-state index contributed by atoms with van der Waals surface area (Å²) in [5.41, 5.74) is 1.82. The third-order valence-electron chi connectivity index (χ3n) is 4.55. The van der Waals surface area contributed by atoms with E-state index in [1.807, 2.05) is 0 Å². The Morgan fingerprint density at radius 1 is 1.20 bits per heavy atom. The van der Waals surface area contributed by atoms with E-state index in [-0.39, 0.29) is 5.54 Å². The summed E-state index contributed by atoms with van der Waals surface area (Å²) in [6.07, 6.45) is 2.58. The number of hydrogen-bond donors (Lipinski definition) is 1. The molecule has 20 heavy (non-hydrogen) atoms. The fraction of sp³-hybridized carbons (Fsp3) is 0.647. The molecule has 1 aliphatic heterocycles. The van der Waals surface area contributed by atoms with Crippen molar-refractivity contribution in [3.63, 3.8) is 0 Å². The van der Waals surface area contributed by atoms with Crippen LogP contribution in [0.15, 0.2) is 30.3 Å². The van der Waals surface area contributed by atoms with Crippen LogP contribution in [0.2, 0.25) is 0 Å². The molecule has 1 heterocycles. The van der Waals surface area contributed by atoms with Crippen LogP contribution in [0.1, 0.15) is 32.3 Å². The Kier molecular flexibility index (Phi) is 3.85. The van der Waals surface area contributed by atoms with Crippen LogP contribution in [0.5, 0.6) is 0 Å². The van der Waals surface area contributed by atoms with Gasteiger partial charge in [-0.2, -0.15) is 0 Å². The minimum atomic E-state index is 0.229. The summed E-state index contributed by atoms with van der Waals surface area (Å²) < 4.78 is 6.01. The van der Waals surface area contributed by atoms with Crippen LogP contribution in [-0.4, -0.2) is 42.2 Å². The number of nitrogens with zero attached hydrogens (tertiary/aromatic N) is 1. The van der Waals surface area contributed by atoms with Crippen molar-refractivity contribution in [2.75, 3.05) is 26.2 Å². The molecule has 1 saturated carbocycles. The van der Waals surface area contributed by atoms with Crippen LogP contribution in [-0.2, 0) is 11.3 Å². The summed E-state index contributed by atoms with van der Waals surface area (Å²) in [6, 6.07) is 10.5. The standard InChI is InChI=1S/C17H26N2O/c1-16(2)13-19(11-10-18-16)17(8-9-17)14-20-12-15-6-4-3-5-7-15/h3-7,18H,8-14H2,1-2H3. The van der Waals surface area contributed by atoms with E-state index in [0.717, 1.165) is 32.8 Å². The van der Waals surface area contributed by atoms with Crippen molar-refractivity contribution in [2.45, 2.75) is 44.4 Å². The number of benzene rings is 1. The van der Waals surface area contributed by atoms with E-state index in [4.69, 9.17) is 4.74 Å². The second-order valence-electron chi connectivity index (χ2n) is 6.93. The Bertz CT molecular complexity index is 440. The molecule has 3 nitrogen and oxygen atoms in total. The quantitative estimate of drug-likeness (QED) is 0.892. The maximum Gasteiger partial charge on any atom is 0.0717 e. The Morgan fingerprint density at radius 2 is 1.95 bits per heavy atom. The Hall–Kier alpha value is -0.900. The normalized spacial score (nSPS) is 24.5. The van der Waals surface area contributed by atoms with Gasteiger partial charge in [0.05, 0.1) is 13.2 Å². The molecular formula is C17H26N2O. The van der Waals surface area contributed by atoms with Crippen molar-refractivity contribution < 1.29 is 4.74 Å². The predicted molar refractivity (Wildman–Crippen MR) is 81.7 cm³/mol. The summed E-state index contributed by atoms with van der Waals surface area (Å²) in [5.74, 6) is 0. The molecule has 0 atom stereocenters. The van der Waals surface area contributed by atoms with Crippen LogP contribution in [0.3, 0.4) is 0 Å². The van der Waals surface area contributed by atoms with Crippen LogP contribution in [0.25, 0.3) is 0 Å². The number of piperazine rings is 1. The Labute approximate surface area is 122 Å². The van der Waals surface area contributed by atoms with Crippen LogP contribution < -0.4 is 5.32 Å². The molecule has 0 bridgehead atoms. The molecular weight excluding hydrogens is 248 g/mol. The fourth-order valence-electron chi connectivity index (χ4n) is 3.18. The van der Waals surface area contributed by atoms with Gasteiger partial charge in [0.25, 0.3) is 0 Å². The van der Waals surface area contributed by atoms with Gasteiger partial charge in [-0.3, -0.25) is 4.90 Å². The van der Waals surface area contributed by atoms with Gasteiger partial charge < -0.3 is 10.1 Å². The summed E-state index contributed by atoms with van der Waals surface area (Å²) in [4.78, 5) is 2.65. The van der Waals surface area contributed by atoms with Gasteiger partial charge in [-0.1, -0.05) is 30.3 Å². The number of nitrogens with one attached hydrogen (secondary N) is 1. The number of rotatable bonds is 5. The number of hydrogen-bond acceptors (Lipinski definition) is 3. The van der Waals surface area contributed by atoms with E-state index in [1.165, 1.54) is 18.4 Å². The van der Waals surface area contributed by atoms with E-state index in [1.54, 1.807) is 0 Å². The average molecular weight is 274 g/mol. The first kappa shape index (κ1) is 14.1. The molecule has 110 valence electrons. The largest absolute Gasteiger partial charge is 0.375 e. The lowest BCUT2D eigenvalue weighted by Gasteiger charge is -2.43. The van der Waals surface area contributed by atoms with Crippen molar-refractivity contribution in [3.8, 4) is 0 Å². The lowest BCUT2D eigenvalue weighted by molar-refractivity contribution is 0.0144. The maximum atomic E-state index is 6.01. The highest BCUT2D eigenvalue weighted by atomic mass is 16.5. The summed E-state index contributed by atoms with van der Waals surface area (Å²) >= 11 is 0. The van der Waals surface area contributed by atoms with Crippen molar-refractivity contribution >= 4 is 0 Å². The molecule has 0 spiro atoms. The van der Waals surface area contributed by atoms with E-state index < -0.39 is 0 Å². The lowest BCUT2D eigenvalue weighted by Crippen LogP contribution is -2.60. The van der Waals surface area contributed by atoms with Gasteiger partial charge in [-0.05, 0) is 32.3 Å². The SMILES string of the molecule is CC1(C)CN(C2(COCc3ccccc3)CC2)CCN1. The van der Waals surface area contributed by atoms with Gasteiger partial charge in [-0.25, -0.2) is 0 Å². The zero-order chi connectivity index (χ0) is 14.1. The Morgan fingerprint density at radius 3 is 2.60 bits per heavy atom. The lowest BCUT2D eigenvalue weighted by atomic mass is 10.00. The van der Waals surface area contributed by atoms with Gasteiger partial charge in [0.2, 0.25) is 0 Å². The van der Waals surface area contributed by atoms with Gasteiger partial charge in [0.1, 0.15) is 0 Å². The minimum Gasteiger partial charge on any atom is -0.375 e. The smallest absolute Gasteiger partial charge is 0.0717 e. The molecule has 3 heteroatoms. The highest BCUT2D eigenvalue weighted by Gasteiger charge is 2.50. The molecule has 0 unspecified atom stereocenters. The van der Waals surface area contributed by atoms with Crippen LogP contribution in [0, 0.1) is 0 Å². The predicted octanol–water partition coefficient (Wildman–Crippen LogP) is 2.42. The van der Waals surface area contributed by atoms with Gasteiger partial charge in [0.15, 0.2) is 0 Å². The molecule has 1 aromatic rings. The van der Waals surface area contributed by atoms with E-state index in [9.17, 15) is 0 Å². The number of ether oxygens (including phenoxy) is 1. The first-order valence-electron chi connectivity index (χ1n) is 7.72. The van der Waals surface area contributed by atoms with Crippen molar-refractivity contribution in [2.24, 2.45) is 0 Å². The van der Waals surface area contributed by atoms with Gasteiger partial charge >= 0.3 is 0 Å². The molecule has 1 aromatic carbocycles. The molecule has 1 saturated heterocycles. The molecule has 2 aliphatic rings. The highest BCUT2D eigenvalue weighted by molar-refractivity contribution is 5.14. The van der Waals surface area contributed by atoms with Crippen LogP contribution in [0.4, 0.5) is 0 Å². The topological polar surface area (TPSA) is 24.5 Å². The first-order valence-corrected chi connectivity index (χ1v) is 7.72. The molecule has 0 amide bonds.